The fraction of sp³-hybridized carbons (Fsp3) is 0.0833. The number of carbonyl (C=O) groups excluding carboxylic acids is 2. The standard InChI is InChI=1S/C24H19Cl3N2O4/c1-32-21-10-3-14(12-22(21)33-2)11-20(29-23(30)15-4-6-16(25)7-5-15)24(31)28-17-8-9-18(26)19(27)13-17/h3-13H,1-2H3,(H,28,31)(H,29,30). The van der Waals surface area contributed by atoms with Crippen molar-refractivity contribution in [1.29, 1.82) is 0 Å². The minimum absolute atomic E-state index is 0.00626. The number of nitrogens with one attached hydrogen (secondary N) is 2. The summed E-state index contributed by atoms with van der Waals surface area (Å²) in [7, 11) is 3.03. The van der Waals surface area contributed by atoms with Crippen molar-refractivity contribution in [1.82, 2.24) is 5.32 Å². The highest BCUT2D eigenvalue weighted by Crippen LogP contribution is 2.29. The number of methoxy groups -OCH3 is 2. The van der Waals surface area contributed by atoms with Gasteiger partial charge in [0.25, 0.3) is 11.8 Å². The maximum Gasteiger partial charge on any atom is 0.272 e. The van der Waals surface area contributed by atoms with E-state index >= 15 is 0 Å². The number of carbonyl (C=O) groups is 2. The third-order valence-corrected chi connectivity index (χ3v) is 5.49. The summed E-state index contributed by atoms with van der Waals surface area (Å²) in [6.07, 6.45) is 1.52. The lowest BCUT2D eigenvalue weighted by atomic mass is 10.1. The number of anilines is 1. The Kier molecular flexibility index (Phi) is 8.22. The highest BCUT2D eigenvalue weighted by molar-refractivity contribution is 6.42. The van der Waals surface area contributed by atoms with Crippen LogP contribution in [0.2, 0.25) is 15.1 Å². The lowest BCUT2D eigenvalue weighted by Gasteiger charge is -2.13. The van der Waals surface area contributed by atoms with E-state index in [2.05, 4.69) is 10.6 Å². The largest absolute Gasteiger partial charge is 0.493 e. The molecule has 0 atom stereocenters. The Morgan fingerprint density at radius 1 is 0.818 bits per heavy atom. The molecule has 0 aromatic heterocycles. The molecule has 0 radical (unpaired) electrons. The molecule has 0 aliphatic carbocycles. The van der Waals surface area contributed by atoms with Gasteiger partial charge in [0.05, 0.1) is 24.3 Å². The van der Waals surface area contributed by atoms with Crippen molar-refractivity contribution < 1.29 is 19.1 Å². The maximum atomic E-state index is 13.1. The zero-order chi connectivity index (χ0) is 24.0. The van der Waals surface area contributed by atoms with Crippen molar-refractivity contribution in [3.05, 3.63) is 92.6 Å². The van der Waals surface area contributed by atoms with E-state index < -0.39 is 11.8 Å². The zero-order valence-electron chi connectivity index (χ0n) is 17.6. The topological polar surface area (TPSA) is 76.7 Å². The number of rotatable bonds is 7. The molecule has 0 bridgehead atoms. The fourth-order valence-electron chi connectivity index (χ4n) is 2.84. The van der Waals surface area contributed by atoms with Crippen LogP contribution in [-0.4, -0.2) is 26.0 Å². The van der Waals surface area contributed by atoms with E-state index in [1.165, 1.54) is 26.4 Å². The van der Waals surface area contributed by atoms with Crippen LogP contribution in [0.3, 0.4) is 0 Å². The molecule has 0 unspecified atom stereocenters. The highest BCUT2D eigenvalue weighted by atomic mass is 35.5. The van der Waals surface area contributed by atoms with Gasteiger partial charge in [0.2, 0.25) is 0 Å². The fourth-order valence-corrected chi connectivity index (χ4v) is 3.26. The molecule has 2 amide bonds. The van der Waals surface area contributed by atoms with Crippen LogP contribution in [0.5, 0.6) is 11.5 Å². The van der Waals surface area contributed by atoms with Gasteiger partial charge >= 0.3 is 0 Å². The second kappa shape index (κ2) is 11.1. The van der Waals surface area contributed by atoms with Crippen molar-refractivity contribution in [3.63, 3.8) is 0 Å². The number of benzene rings is 3. The first-order chi connectivity index (χ1) is 15.8. The van der Waals surface area contributed by atoms with Gasteiger partial charge in [-0.25, -0.2) is 0 Å². The van der Waals surface area contributed by atoms with Gasteiger partial charge in [-0.2, -0.15) is 0 Å². The van der Waals surface area contributed by atoms with E-state index in [1.807, 2.05) is 0 Å². The smallest absolute Gasteiger partial charge is 0.272 e. The van der Waals surface area contributed by atoms with Gasteiger partial charge in [-0.1, -0.05) is 40.9 Å². The molecule has 3 aromatic carbocycles. The number of hydrogen-bond acceptors (Lipinski definition) is 4. The second-order valence-corrected chi connectivity index (χ2v) is 7.97. The molecule has 0 heterocycles. The van der Waals surface area contributed by atoms with Crippen molar-refractivity contribution >= 4 is 58.4 Å². The average molecular weight is 506 g/mol. The predicted molar refractivity (Wildman–Crippen MR) is 132 cm³/mol. The van der Waals surface area contributed by atoms with E-state index in [4.69, 9.17) is 44.3 Å². The van der Waals surface area contributed by atoms with Gasteiger partial charge in [-0.05, 0) is 66.2 Å². The predicted octanol–water partition coefficient (Wildman–Crippen LogP) is 6.07. The molecule has 6 nitrogen and oxygen atoms in total. The van der Waals surface area contributed by atoms with Crippen LogP contribution >= 0.6 is 34.8 Å². The van der Waals surface area contributed by atoms with E-state index in [1.54, 1.807) is 54.6 Å². The molecular formula is C24H19Cl3N2O4. The Morgan fingerprint density at radius 2 is 1.52 bits per heavy atom. The first-order valence-corrected chi connectivity index (χ1v) is 10.7. The summed E-state index contributed by atoms with van der Waals surface area (Å²) in [4.78, 5) is 25.8. The van der Waals surface area contributed by atoms with Crippen LogP contribution in [0.25, 0.3) is 6.08 Å². The third-order valence-electron chi connectivity index (χ3n) is 4.50. The Balaban J connectivity index is 1.94. The molecule has 9 heteroatoms. The van der Waals surface area contributed by atoms with Crippen LogP contribution in [0.1, 0.15) is 15.9 Å². The Bertz CT molecular complexity index is 1210. The molecule has 0 aliphatic rings. The highest BCUT2D eigenvalue weighted by Gasteiger charge is 2.16. The van der Waals surface area contributed by atoms with Gasteiger partial charge in [0.15, 0.2) is 11.5 Å². The van der Waals surface area contributed by atoms with Crippen molar-refractivity contribution in [2.24, 2.45) is 0 Å². The normalized spacial score (nSPS) is 11.0. The Labute approximate surface area is 206 Å². The summed E-state index contributed by atoms with van der Waals surface area (Å²) in [5.74, 6) is -0.0469. The summed E-state index contributed by atoms with van der Waals surface area (Å²) in [6.45, 7) is 0. The quantitative estimate of drug-likeness (QED) is 0.382. The van der Waals surface area contributed by atoms with Gasteiger partial charge in [0.1, 0.15) is 5.70 Å². The molecule has 33 heavy (non-hydrogen) atoms. The van der Waals surface area contributed by atoms with Gasteiger partial charge in [-0.3, -0.25) is 9.59 Å². The van der Waals surface area contributed by atoms with Crippen molar-refractivity contribution in [2.45, 2.75) is 0 Å². The zero-order valence-corrected chi connectivity index (χ0v) is 19.9. The van der Waals surface area contributed by atoms with Crippen molar-refractivity contribution in [2.75, 3.05) is 19.5 Å². The first-order valence-electron chi connectivity index (χ1n) is 9.57. The molecule has 3 aromatic rings. The van der Waals surface area contributed by atoms with E-state index in [9.17, 15) is 9.59 Å². The summed E-state index contributed by atoms with van der Waals surface area (Å²) in [6, 6.07) is 16.1. The maximum absolute atomic E-state index is 13.1. The van der Waals surface area contributed by atoms with E-state index in [0.717, 1.165) is 0 Å². The van der Waals surface area contributed by atoms with Crippen LogP contribution in [-0.2, 0) is 4.79 Å². The minimum atomic E-state index is -0.564. The number of hydrogen-bond donors (Lipinski definition) is 2. The average Bonchev–Trinajstić information content (AvgIpc) is 2.81. The molecule has 170 valence electrons. The Hall–Kier alpha value is -3.19. The molecule has 0 fully saturated rings. The lowest BCUT2D eigenvalue weighted by molar-refractivity contribution is -0.113. The number of amides is 2. The molecule has 3 rings (SSSR count). The summed E-state index contributed by atoms with van der Waals surface area (Å²) < 4.78 is 10.6. The van der Waals surface area contributed by atoms with Gasteiger partial charge in [0, 0.05) is 16.3 Å². The molecule has 2 N–H and O–H groups in total. The second-order valence-electron chi connectivity index (χ2n) is 6.72. The molecule has 0 saturated heterocycles. The number of ether oxygens (including phenoxy) is 2. The van der Waals surface area contributed by atoms with Crippen LogP contribution < -0.4 is 20.1 Å². The molecular weight excluding hydrogens is 487 g/mol. The third kappa shape index (κ3) is 6.42. The summed E-state index contributed by atoms with van der Waals surface area (Å²) in [5, 5.41) is 6.48. The first kappa shape index (κ1) is 24.5. The Morgan fingerprint density at radius 3 is 2.15 bits per heavy atom. The van der Waals surface area contributed by atoms with Gasteiger partial charge in [-0.15, -0.1) is 0 Å². The van der Waals surface area contributed by atoms with Gasteiger partial charge < -0.3 is 20.1 Å². The van der Waals surface area contributed by atoms with Crippen LogP contribution in [0.4, 0.5) is 5.69 Å². The molecule has 0 aliphatic heterocycles. The number of halogens is 3. The summed E-state index contributed by atoms with van der Waals surface area (Å²) >= 11 is 17.9. The minimum Gasteiger partial charge on any atom is -0.493 e. The van der Waals surface area contributed by atoms with E-state index in [0.29, 0.717) is 38.4 Å². The van der Waals surface area contributed by atoms with Crippen LogP contribution in [0.15, 0.2) is 66.4 Å². The van der Waals surface area contributed by atoms with E-state index in [-0.39, 0.29) is 10.7 Å². The lowest BCUT2D eigenvalue weighted by Crippen LogP contribution is -2.30. The van der Waals surface area contributed by atoms with Crippen LogP contribution in [0, 0.1) is 0 Å². The monoisotopic (exact) mass is 504 g/mol. The van der Waals surface area contributed by atoms with Crippen molar-refractivity contribution in [3.8, 4) is 11.5 Å². The summed E-state index contributed by atoms with van der Waals surface area (Å²) in [5.41, 5.74) is 1.34. The SMILES string of the molecule is COc1ccc(C=C(NC(=O)c2ccc(Cl)cc2)C(=O)Nc2ccc(Cl)c(Cl)c2)cc1OC. The molecule has 0 spiro atoms. The molecule has 0 saturated carbocycles.